The van der Waals surface area contributed by atoms with Gasteiger partial charge in [-0.25, -0.2) is 9.37 Å². The first-order valence-corrected chi connectivity index (χ1v) is 9.38. The summed E-state index contributed by atoms with van der Waals surface area (Å²) in [6.45, 7) is -0.287. The summed E-state index contributed by atoms with van der Waals surface area (Å²) in [7, 11) is 0. The van der Waals surface area contributed by atoms with Gasteiger partial charge in [-0.2, -0.15) is 0 Å². The van der Waals surface area contributed by atoms with E-state index in [-0.39, 0.29) is 24.7 Å². The number of anilines is 1. The van der Waals surface area contributed by atoms with Gasteiger partial charge in [-0.05, 0) is 29.8 Å². The van der Waals surface area contributed by atoms with Crippen molar-refractivity contribution in [3.05, 3.63) is 58.1 Å². The zero-order valence-corrected chi connectivity index (χ0v) is 16.6. The Balaban J connectivity index is 1.68. The number of rotatable bonds is 7. The molecule has 7 nitrogen and oxygen atoms in total. The number of H-pyrrole nitrogens is 1. The summed E-state index contributed by atoms with van der Waals surface area (Å²) in [4.78, 5) is 33.1. The molecule has 0 radical (unpaired) electrons. The molecule has 0 atom stereocenters. The molecular weight excluding hydrogens is 422 g/mol. The van der Waals surface area contributed by atoms with Gasteiger partial charge in [-0.15, -0.1) is 0 Å². The van der Waals surface area contributed by atoms with Gasteiger partial charge in [0.15, 0.2) is 0 Å². The van der Waals surface area contributed by atoms with E-state index in [9.17, 15) is 19.1 Å². The fraction of sp³-hybridized carbons (Fsp3) is 0.211. The Morgan fingerprint density at radius 2 is 2.03 bits per heavy atom. The van der Waals surface area contributed by atoms with E-state index in [1.165, 1.54) is 23.2 Å². The van der Waals surface area contributed by atoms with Gasteiger partial charge in [0, 0.05) is 29.7 Å². The summed E-state index contributed by atoms with van der Waals surface area (Å²) in [6.07, 6.45) is 2.57. The fourth-order valence-corrected chi connectivity index (χ4v) is 3.26. The van der Waals surface area contributed by atoms with Crippen molar-refractivity contribution in [2.45, 2.75) is 13.0 Å². The number of aliphatic hydroxyl groups is 1. The van der Waals surface area contributed by atoms with Gasteiger partial charge in [0.05, 0.1) is 23.5 Å². The van der Waals surface area contributed by atoms with E-state index in [0.29, 0.717) is 27.3 Å². The highest BCUT2D eigenvalue weighted by Crippen LogP contribution is 2.26. The molecule has 0 aliphatic carbocycles. The maximum atomic E-state index is 13.4. The molecule has 1 aromatic carbocycles. The van der Waals surface area contributed by atoms with E-state index >= 15 is 0 Å². The number of benzene rings is 1. The molecule has 152 valence electrons. The van der Waals surface area contributed by atoms with E-state index in [4.69, 9.17) is 23.2 Å². The van der Waals surface area contributed by atoms with Gasteiger partial charge in [0.2, 0.25) is 11.8 Å². The van der Waals surface area contributed by atoms with Crippen LogP contribution in [0.5, 0.6) is 0 Å². The van der Waals surface area contributed by atoms with E-state index in [0.717, 1.165) is 6.07 Å². The first kappa shape index (κ1) is 21.0. The van der Waals surface area contributed by atoms with Crippen molar-refractivity contribution >= 4 is 51.7 Å². The lowest BCUT2D eigenvalue weighted by Crippen LogP contribution is -2.37. The number of aromatic nitrogens is 2. The predicted molar refractivity (Wildman–Crippen MR) is 108 cm³/mol. The van der Waals surface area contributed by atoms with Crippen LogP contribution in [0.1, 0.15) is 12.0 Å². The van der Waals surface area contributed by atoms with Gasteiger partial charge in [0.1, 0.15) is 17.9 Å². The monoisotopic (exact) mass is 438 g/mol. The lowest BCUT2D eigenvalue weighted by Gasteiger charge is -2.21. The molecule has 0 spiro atoms. The van der Waals surface area contributed by atoms with Crippen molar-refractivity contribution in [2.24, 2.45) is 0 Å². The predicted octanol–water partition coefficient (Wildman–Crippen LogP) is 3.04. The van der Waals surface area contributed by atoms with Gasteiger partial charge in [0.25, 0.3) is 0 Å². The quantitative estimate of drug-likeness (QED) is 0.493. The smallest absolute Gasteiger partial charge is 0.236 e. The number of halogens is 3. The summed E-state index contributed by atoms with van der Waals surface area (Å²) in [5.74, 6) is -1.59. The largest absolute Gasteiger partial charge is 0.395 e. The van der Waals surface area contributed by atoms with Crippen LogP contribution in [-0.4, -0.2) is 40.0 Å². The molecule has 0 saturated carbocycles. The molecule has 0 bridgehead atoms. The van der Waals surface area contributed by atoms with Crippen LogP contribution in [0.4, 0.5) is 10.1 Å². The number of nitrogens with zero attached hydrogens (tertiary/aromatic N) is 2. The normalized spacial score (nSPS) is 10.9. The molecule has 2 amide bonds. The van der Waals surface area contributed by atoms with Crippen molar-refractivity contribution in [3.63, 3.8) is 0 Å². The first-order valence-electron chi connectivity index (χ1n) is 8.63. The molecule has 0 unspecified atom stereocenters. The molecule has 3 N–H and O–H groups in total. The average molecular weight is 439 g/mol. The van der Waals surface area contributed by atoms with E-state index in [2.05, 4.69) is 15.3 Å². The number of hydrogen-bond acceptors (Lipinski definition) is 4. The molecule has 2 heterocycles. The van der Waals surface area contributed by atoms with Crippen LogP contribution in [0.2, 0.25) is 10.0 Å². The van der Waals surface area contributed by atoms with Crippen LogP contribution >= 0.6 is 23.2 Å². The number of nitrogens with one attached hydrogen (secondary N) is 2. The molecule has 3 aromatic rings. The topological polar surface area (TPSA) is 98.3 Å². The van der Waals surface area contributed by atoms with Crippen LogP contribution in [0.15, 0.2) is 36.7 Å². The zero-order chi connectivity index (χ0) is 21.0. The van der Waals surface area contributed by atoms with Crippen molar-refractivity contribution in [2.75, 3.05) is 18.1 Å². The maximum absolute atomic E-state index is 13.4. The molecular formula is C19H17Cl2FN4O3. The SMILES string of the molecule is O=C(CC(=O)N(CCO)c1cnc2[nH]cc(Cl)c2c1)NCc1cc(F)cc(Cl)c1. The summed E-state index contributed by atoms with van der Waals surface area (Å²) < 4.78 is 13.4. The third kappa shape index (κ3) is 5.23. The number of amides is 2. The molecule has 0 saturated heterocycles. The Morgan fingerprint density at radius 1 is 1.24 bits per heavy atom. The van der Waals surface area contributed by atoms with Gasteiger partial charge >= 0.3 is 0 Å². The van der Waals surface area contributed by atoms with Crippen molar-refractivity contribution in [1.82, 2.24) is 15.3 Å². The fourth-order valence-electron chi connectivity index (χ4n) is 2.81. The van der Waals surface area contributed by atoms with E-state index < -0.39 is 24.1 Å². The molecule has 0 aliphatic heterocycles. The zero-order valence-electron chi connectivity index (χ0n) is 15.1. The molecule has 0 fully saturated rings. The first-order chi connectivity index (χ1) is 13.9. The number of carbonyl (C=O) groups is 2. The Bertz CT molecular complexity index is 1040. The van der Waals surface area contributed by atoms with Crippen LogP contribution in [0, 0.1) is 5.82 Å². The number of aromatic amines is 1. The number of carbonyl (C=O) groups excluding carboxylic acids is 2. The van der Waals surface area contributed by atoms with Crippen molar-refractivity contribution in [1.29, 1.82) is 0 Å². The molecule has 3 rings (SSSR count). The number of pyridine rings is 1. The summed E-state index contributed by atoms with van der Waals surface area (Å²) in [5, 5.41) is 13.1. The number of aliphatic hydroxyl groups excluding tert-OH is 1. The van der Waals surface area contributed by atoms with Crippen LogP contribution in [0.3, 0.4) is 0 Å². The van der Waals surface area contributed by atoms with Crippen molar-refractivity contribution in [3.8, 4) is 0 Å². The molecule has 29 heavy (non-hydrogen) atoms. The Kier molecular flexibility index (Phi) is 6.68. The minimum absolute atomic E-state index is 0.0130. The van der Waals surface area contributed by atoms with Gasteiger partial charge in [-0.3, -0.25) is 9.59 Å². The summed E-state index contributed by atoms with van der Waals surface area (Å²) in [6, 6.07) is 5.58. The minimum Gasteiger partial charge on any atom is -0.395 e. The molecule has 0 aliphatic rings. The summed E-state index contributed by atoms with van der Waals surface area (Å²) >= 11 is 11.9. The maximum Gasteiger partial charge on any atom is 0.236 e. The highest BCUT2D eigenvalue weighted by molar-refractivity contribution is 6.35. The third-order valence-electron chi connectivity index (χ3n) is 4.13. The van der Waals surface area contributed by atoms with Crippen LogP contribution in [-0.2, 0) is 16.1 Å². The Morgan fingerprint density at radius 3 is 2.76 bits per heavy atom. The number of hydrogen-bond donors (Lipinski definition) is 3. The van der Waals surface area contributed by atoms with Crippen LogP contribution < -0.4 is 10.2 Å². The number of fused-ring (bicyclic) bond motifs is 1. The second-order valence-corrected chi connectivity index (χ2v) is 7.07. The highest BCUT2D eigenvalue weighted by Gasteiger charge is 2.20. The lowest BCUT2D eigenvalue weighted by atomic mass is 10.2. The highest BCUT2D eigenvalue weighted by atomic mass is 35.5. The second-order valence-electron chi connectivity index (χ2n) is 6.23. The average Bonchev–Trinajstić information content (AvgIpc) is 3.04. The third-order valence-corrected chi connectivity index (χ3v) is 4.66. The van der Waals surface area contributed by atoms with Gasteiger partial charge < -0.3 is 20.3 Å². The van der Waals surface area contributed by atoms with Crippen molar-refractivity contribution < 1.29 is 19.1 Å². The van der Waals surface area contributed by atoms with E-state index in [1.54, 1.807) is 12.3 Å². The molecule has 10 heteroatoms. The summed E-state index contributed by atoms with van der Waals surface area (Å²) in [5.41, 5.74) is 1.43. The van der Waals surface area contributed by atoms with E-state index in [1.807, 2.05) is 0 Å². The molecule has 2 aromatic heterocycles. The Labute approximate surface area is 175 Å². The Hall–Kier alpha value is -2.68. The lowest BCUT2D eigenvalue weighted by molar-refractivity contribution is -0.128. The van der Waals surface area contributed by atoms with Crippen LogP contribution in [0.25, 0.3) is 11.0 Å². The second kappa shape index (κ2) is 9.21. The standard InChI is InChI=1S/C19H17Cl2FN4O3/c20-12-3-11(4-13(22)5-12)8-23-17(28)7-18(29)26(1-2-27)14-6-15-16(21)10-25-19(15)24-9-14/h3-6,9-10,27H,1-2,7-8H2,(H,23,28)(H,24,25). The minimum atomic E-state index is -0.549. The van der Waals surface area contributed by atoms with Gasteiger partial charge in [-0.1, -0.05) is 23.2 Å².